The summed E-state index contributed by atoms with van der Waals surface area (Å²) >= 11 is 1.21. The van der Waals surface area contributed by atoms with Crippen molar-refractivity contribution in [2.45, 2.75) is 31.8 Å². The molecule has 6 nitrogen and oxygen atoms in total. The number of hydrogen-bond donors (Lipinski definition) is 1. The van der Waals surface area contributed by atoms with Crippen molar-refractivity contribution < 1.29 is 9.18 Å². The van der Waals surface area contributed by atoms with Gasteiger partial charge in [-0.25, -0.2) is 4.39 Å². The monoisotopic (exact) mass is 385 g/mol. The number of aryl methyl sites for hydroxylation is 1. The van der Waals surface area contributed by atoms with Crippen molar-refractivity contribution in [2.24, 2.45) is 0 Å². The van der Waals surface area contributed by atoms with Crippen LogP contribution in [0.2, 0.25) is 0 Å². The Morgan fingerprint density at radius 2 is 1.96 bits per heavy atom. The van der Waals surface area contributed by atoms with Crippen molar-refractivity contribution in [2.75, 3.05) is 11.1 Å². The largest absolute Gasteiger partial charge is 0.325 e. The van der Waals surface area contributed by atoms with E-state index in [-0.39, 0.29) is 17.5 Å². The highest BCUT2D eigenvalue weighted by molar-refractivity contribution is 7.99. The topological polar surface area (TPSA) is 72.7 Å². The zero-order valence-electron chi connectivity index (χ0n) is 15.3. The van der Waals surface area contributed by atoms with E-state index in [1.54, 1.807) is 23.7 Å². The number of rotatable bonds is 6. The highest BCUT2D eigenvalue weighted by Crippen LogP contribution is 2.21. The Morgan fingerprint density at radius 3 is 2.63 bits per heavy atom. The molecule has 2 aromatic carbocycles. The van der Waals surface area contributed by atoms with Crippen LogP contribution < -0.4 is 5.32 Å². The third-order valence-corrected chi connectivity index (χ3v) is 4.95. The fourth-order valence-electron chi connectivity index (χ4n) is 2.43. The minimum atomic E-state index is -0.353. The molecule has 3 aromatic rings. The van der Waals surface area contributed by atoms with Crippen LogP contribution in [-0.4, -0.2) is 31.9 Å². The van der Waals surface area contributed by atoms with Crippen molar-refractivity contribution in [1.29, 1.82) is 0 Å². The molecule has 0 atom stereocenters. The molecular formula is C19H20FN5OS. The standard InChI is InChI=1S/C19H20FN5OS/c1-12(2)14-5-8-16(9-6-14)25-19(22-23-24-25)27-11-18(26)21-15-7-4-13(3)17(20)10-15/h4-10,12H,11H2,1-3H3,(H,21,26). The zero-order chi connectivity index (χ0) is 19.4. The van der Waals surface area contributed by atoms with E-state index in [1.165, 1.54) is 23.4 Å². The number of anilines is 1. The molecule has 1 N–H and O–H groups in total. The van der Waals surface area contributed by atoms with Gasteiger partial charge >= 0.3 is 0 Å². The van der Waals surface area contributed by atoms with Gasteiger partial charge in [0.05, 0.1) is 11.4 Å². The maximum Gasteiger partial charge on any atom is 0.234 e. The van der Waals surface area contributed by atoms with Crippen molar-refractivity contribution >= 4 is 23.4 Å². The first-order valence-electron chi connectivity index (χ1n) is 8.51. The van der Waals surface area contributed by atoms with E-state index in [2.05, 4.69) is 34.7 Å². The lowest BCUT2D eigenvalue weighted by Gasteiger charge is -2.08. The maximum atomic E-state index is 13.6. The molecule has 0 aliphatic rings. The summed E-state index contributed by atoms with van der Waals surface area (Å²) in [7, 11) is 0. The second kappa shape index (κ2) is 8.30. The van der Waals surface area contributed by atoms with Gasteiger partial charge in [-0.05, 0) is 58.7 Å². The van der Waals surface area contributed by atoms with Gasteiger partial charge in [-0.15, -0.1) is 5.10 Å². The summed E-state index contributed by atoms with van der Waals surface area (Å²) in [6.07, 6.45) is 0. The number of nitrogens with one attached hydrogen (secondary N) is 1. The van der Waals surface area contributed by atoms with Gasteiger partial charge in [0.1, 0.15) is 5.82 Å². The van der Waals surface area contributed by atoms with E-state index >= 15 is 0 Å². The Kier molecular flexibility index (Phi) is 5.85. The number of carbonyl (C=O) groups is 1. The van der Waals surface area contributed by atoms with Crippen molar-refractivity contribution in [3.8, 4) is 5.69 Å². The van der Waals surface area contributed by atoms with Gasteiger partial charge in [0.15, 0.2) is 0 Å². The molecule has 140 valence electrons. The molecule has 1 amide bonds. The van der Waals surface area contributed by atoms with Gasteiger partial charge in [-0.2, -0.15) is 4.68 Å². The molecule has 1 aromatic heterocycles. The molecule has 0 spiro atoms. The van der Waals surface area contributed by atoms with Crippen molar-refractivity contribution in [3.63, 3.8) is 0 Å². The van der Waals surface area contributed by atoms with Crippen LogP contribution in [0, 0.1) is 12.7 Å². The van der Waals surface area contributed by atoms with E-state index in [0.717, 1.165) is 5.69 Å². The highest BCUT2D eigenvalue weighted by atomic mass is 32.2. The molecule has 3 rings (SSSR count). The maximum absolute atomic E-state index is 13.6. The van der Waals surface area contributed by atoms with E-state index in [4.69, 9.17) is 0 Å². The fourth-order valence-corrected chi connectivity index (χ4v) is 3.12. The van der Waals surface area contributed by atoms with Gasteiger partial charge in [-0.1, -0.05) is 43.8 Å². The number of benzene rings is 2. The van der Waals surface area contributed by atoms with Gasteiger partial charge in [-0.3, -0.25) is 4.79 Å². The van der Waals surface area contributed by atoms with Crippen molar-refractivity contribution in [3.05, 3.63) is 59.4 Å². The summed E-state index contributed by atoms with van der Waals surface area (Å²) < 4.78 is 15.2. The number of amides is 1. The molecule has 0 fully saturated rings. The smallest absolute Gasteiger partial charge is 0.234 e. The van der Waals surface area contributed by atoms with Crippen LogP contribution in [0.4, 0.5) is 10.1 Å². The number of tetrazole rings is 1. The Morgan fingerprint density at radius 1 is 1.22 bits per heavy atom. The van der Waals surface area contributed by atoms with Gasteiger partial charge < -0.3 is 5.32 Å². The number of nitrogens with zero attached hydrogens (tertiary/aromatic N) is 4. The highest BCUT2D eigenvalue weighted by Gasteiger charge is 2.12. The number of thioether (sulfide) groups is 1. The van der Waals surface area contributed by atoms with Crippen molar-refractivity contribution in [1.82, 2.24) is 20.2 Å². The summed E-state index contributed by atoms with van der Waals surface area (Å²) in [6, 6.07) is 12.6. The first kappa shape index (κ1) is 19.0. The zero-order valence-corrected chi connectivity index (χ0v) is 16.1. The lowest BCUT2D eigenvalue weighted by molar-refractivity contribution is -0.113. The number of aromatic nitrogens is 4. The van der Waals surface area contributed by atoms with Gasteiger partial charge in [0, 0.05) is 5.69 Å². The van der Waals surface area contributed by atoms with Crippen LogP contribution in [0.25, 0.3) is 5.69 Å². The minimum Gasteiger partial charge on any atom is -0.325 e. The molecule has 1 heterocycles. The molecule has 8 heteroatoms. The van der Waals surface area contributed by atoms with Crippen LogP contribution in [0.3, 0.4) is 0 Å². The van der Waals surface area contributed by atoms with Gasteiger partial charge in [0.2, 0.25) is 11.1 Å². The van der Waals surface area contributed by atoms with Crippen LogP contribution in [0.5, 0.6) is 0 Å². The second-order valence-electron chi connectivity index (χ2n) is 6.42. The Balaban J connectivity index is 1.64. The molecule has 0 radical (unpaired) electrons. The second-order valence-corrected chi connectivity index (χ2v) is 7.36. The molecule has 0 bridgehead atoms. The third-order valence-electron chi connectivity index (χ3n) is 4.03. The summed E-state index contributed by atoms with van der Waals surface area (Å²) in [5, 5.41) is 14.9. The summed E-state index contributed by atoms with van der Waals surface area (Å²) in [4.78, 5) is 12.1. The molecule has 0 aliphatic carbocycles. The molecular weight excluding hydrogens is 365 g/mol. The molecule has 27 heavy (non-hydrogen) atoms. The van der Waals surface area contributed by atoms with E-state index in [9.17, 15) is 9.18 Å². The molecule has 0 aliphatic heterocycles. The van der Waals surface area contributed by atoms with Crippen LogP contribution >= 0.6 is 11.8 Å². The minimum absolute atomic E-state index is 0.111. The Bertz CT molecular complexity index is 940. The number of hydrogen-bond acceptors (Lipinski definition) is 5. The number of halogens is 1. The summed E-state index contributed by atoms with van der Waals surface area (Å²) in [5.41, 5.74) is 3.01. The lowest BCUT2D eigenvalue weighted by Crippen LogP contribution is -2.14. The molecule has 0 saturated heterocycles. The summed E-state index contributed by atoms with van der Waals surface area (Å²) in [6.45, 7) is 5.93. The average molecular weight is 385 g/mol. The average Bonchev–Trinajstić information content (AvgIpc) is 3.12. The predicted molar refractivity (Wildman–Crippen MR) is 104 cm³/mol. The van der Waals surface area contributed by atoms with Gasteiger partial charge in [0.25, 0.3) is 0 Å². The number of carbonyl (C=O) groups excluding carboxylic acids is 1. The van der Waals surface area contributed by atoms with E-state index in [0.29, 0.717) is 22.3 Å². The lowest BCUT2D eigenvalue weighted by atomic mass is 10.0. The molecule has 0 unspecified atom stereocenters. The third kappa shape index (κ3) is 4.71. The van der Waals surface area contributed by atoms with Crippen LogP contribution in [0.15, 0.2) is 47.6 Å². The SMILES string of the molecule is Cc1ccc(NC(=O)CSc2nnnn2-c2ccc(C(C)C)cc2)cc1F. The van der Waals surface area contributed by atoms with E-state index < -0.39 is 0 Å². The predicted octanol–water partition coefficient (Wildman–Crippen LogP) is 3.96. The first-order valence-corrected chi connectivity index (χ1v) is 9.50. The summed E-state index contributed by atoms with van der Waals surface area (Å²) in [5.74, 6) is -0.0563. The van der Waals surface area contributed by atoms with Crippen LogP contribution in [-0.2, 0) is 4.79 Å². The fraction of sp³-hybridized carbons (Fsp3) is 0.263. The van der Waals surface area contributed by atoms with Crippen LogP contribution in [0.1, 0.15) is 30.9 Å². The van der Waals surface area contributed by atoms with E-state index in [1.807, 2.05) is 24.3 Å². The first-order chi connectivity index (χ1) is 12.9. The molecule has 0 saturated carbocycles. The quantitative estimate of drug-likeness (QED) is 0.650. The Labute approximate surface area is 161 Å². The Hall–Kier alpha value is -2.74. The normalized spacial score (nSPS) is 11.0.